The normalized spacial score (nSPS) is 12.6. The van der Waals surface area contributed by atoms with Gasteiger partial charge in [0.25, 0.3) is 0 Å². The first-order valence-corrected chi connectivity index (χ1v) is 6.37. The third kappa shape index (κ3) is 3.19. The third-order valence-corrected chi connectivity index (χ3v) is 3.20. The molecule has 0 spiro atoms. The van der Waals surface area contributed by atoms with Gasteiger partial charge in [0.2, 0.25) is 0 Å². The van der Waals surface area contributed by atoms with E-state index in [-0.39, 0.29) is 6.04 Å². The van der Waals surface area contributed by atoms with Crippen LogP contribution in [-0.4, -0.2) is 20.6 Å². The van der Waals surface area contributed by atoms with Crippen molar-refractivity contribution in [3.05, 3.63) is 39.6 Å². The summed E-state index contributed by atoms with van der Waals surface area (Å²) in [6.07, 6.45) is 0.902. The lowest BCUT2D eigenvalue weighted by atomic mass is 10.0. The molecule has 96 valence electrons. The SMILES string of the molecule is CCC(NCc1nn[nH]n1)c1ccc(Cl)cc1Cl. The van der Waals surface area contributed by atoms with E-state index in [1.807, 2.05) is 12.1 Å². The maximum absolute atomic E-state index is 6.19. The Hall–Kier alpha value is -1.17. The topological polar surface area (TPSA) is 66.5 Å². The van der Waals surface area contributed by atoms with Gasteiger partial charge in [0.15, 0.2) is 5.82 Å². The van der Waals surface area contributed by atoms with E-state index in [0.717, 1.165) is 12.0 Å². The smallest absolute Gasteiger partial charge is 0.188 e. The van der Waals surface area contributed by atoms with Crippen LogP contribution in [0.5, 0.6) is 0 Å². The summed E-state index contributed by atoms with van der Waals surface area (Å²) in [5, 5.41) is 18.3. The number of nitrogens with zero attached hydrogens (tertiary/aromatic N) is 3. The number of hydrogen-bond acceptors (Lipinski definition) is 4. The van der Waals surface area contributed by atoms with Crippen molar-refractivity contribution in [2.24, 2.45) is 0 Å². The zero-order valence-electron chi connectivity index (χ0n) is 9.82. The molecular formula is C11H13Cl2N5. The van der Waals surface area contributed by atoms with Crippen molar-refractivity contribution in [1.82, 2.24) is 25.9 Å². The van der Waals surface area contributed by atoms with Crippen LogP contribution in [0.2, 0.25) is 10.0 Å². The molecule has 5 nitrogen and oxygen atoms in total. The number of benzene rings is 1. The summed E-state index contributed by atoms with van der Waals surface area (Å²) in [5.41, 5.74) is 1.02. The van der Waals surface area contributed by atoms with Gasteiger partial charge in [-0.3, -0.25) is 0 Å². The van der Waals surface area contributed by atoms with Gasteiger partial charge in [-0.25, -0.2) is 0 Å². The Morgan fingerprint density at radius 3 is 2.83 bits per heavy atom. The zero-order valence-corrected chi connectivity index (χ0v) is 11.3. The molecule has 0 saturated heterocycles. The van der Waals surface area contributed by atoms with Crippen LogP contribution in [0.25, 0.3) is 0 Å². The summed E-state index contributed by atoms with van der Waals surface area (Å²) in [6.45, 7) is 2.62. The second-order valence-electron chi connectivity index (χ2n) is 3.84. The highest BCUT2D eigenvalue weighted by Crippen LogP contribution is 2.28. The maximum atomic E-state index is 6.19. The van der Waals surface area contributed by atoms with Gasteiger partial charge in [0, 0.05) is 16.1 Å². The van der Waals surface area contributed by atoms with Crippen LogP contribution < -0.4 is 5.32 Å². The molecule has 1 aromatic heterocycles. The first-order chi connectivity index (χ1) is 8.70. The van der Waals surface area contributed by atoms with Crippen molar-refractivity contribution in [3.8, 4) is 0 Å². The van der Waals surface area contributed by atoms with Crippen LogP contribution in [0.3, 0.4) is 0 Å². The highest BCUT2D eigenvalue weighted by atomic mass is 35.5. The molecule has 0 bridgehead atoms. The molecule has 1 unspecified atom stereocenters. The van der Waals surface area contributed by atoms with E-state index in [9.17, 15) is 0 Å². The van der Waals surface area contributed by atoms with Gasteiger partial charge in [0.05, 0.1) is 6.54 Å². The van der Waals surface area contributed by atoms with Crippen LogP contribution >= 0.6 is 23.2 Å². The Morgan fingerprint density at radius 1 is 1.39 bits per heavy atom. The summed E-state index contributed by atoms with van der Waals surface area (Å²) in [7, 11) is 0. The van der Waals surface area contributed by atoms with Crippen LogP contribution in [0.15, 0.2) is 18.2 Å². The lowest BCUT2D eigenvalue weighted by Crippen LogP contribution is -2.21. The quantitative estimate of drug-likeness (QED) is 0.887. The molecule has 0 aliphatic heterocycles. The molecular weight excluding hydrogens is 273 g/mol. The van der Waals surface area contributed by atoms with E-state index in [1.165, 1.54) is 0 Å². The minimum Gasteiger partial charge on any atom is -0.303 e. The van der Waals surface area contributed by atoms with E-state index in [0.29, 0.717) is 22.4 Å². The van der Waals surface area contributed by atoms with Gasteiger partial charge in [0.1, 0.15) is 0 Å². The molecule has 0 aliphatic carbocycles. The molecule has 1 aromatic carbocycles. The summed E-state index contributed by atoms with van der Waals surface area (Å²) in [4.78, 5) is 0. The van der Waals surface area contributed by atoms with Crippen LogP contribution in [0, 0.1) is 0 Å². The molecule has 1 heterocycles. The monoisotopic (exact) mass is 285 g/mol. The van der Waals surface area contributed by atoms with Crippen LogP contribution in [0.1, 0.15) is 30.8 Å². The zero-order chi connectivity index (χ0) is 13.0. The molecule has 0 saturated carbocycles. The van der Waals surface area contributed by atoms with E-state index in [1.54, 1.807) is 6.07 Å². The van der Waals surface area contributed by atoms with Gasteiger partial charge in [-0.2, -0.15) is 5.21 Å². The fourth-order valence-corrected chi connectivity index (χ4v) is 2.27. The molecule has 0 aliphatic rings. The highest BCUT2D eigenvalue weighted by molar-refractivity contribution is 6.35. The summed E-state index contributed by atoms with van der Waals surface area (Å²) in [6, 6.07) is 5.65. The minimum atomic E-state index is 0.133. The molecule has 0 fully saturated rings. The lowest BCUT2D eigenvalue weighted by molar-refractivity contribution is 0.509. The van der Waals surface area contributed by atoms with E-state index >= 15 is 0 Å². The largest absolute Gasteiger partial charge is 0.303 e. The van der Waals surface area contributed by atoms with Gasteiger partial charge in [-0.1, -0.05) is 41.4 Å². The average Bonchev–Trinajstić information content (AvgIpc) is 2.85. The predicted molar refractivity (Wildman–Crippen MR) is 70.5 cm³/mol. The third-order valence-electron chi connectivity index (χ3n) is 2.64. The van der Waals surface area contributed by atoms with Crippen molar-refractivity contribution in [3.63, 3.8) is 0 Å². The molecule has 0 amide bonds. The predicted octanol–water partition coefficient (Wildman–Crippen LogP) is 2.75. The Morgan fingerprint density at radius 2 is 2.22 bits per heavy atom. The molecule has 0 radical (unpaired) electrons. The molecule has 18 heavy (non-hydrogen) atoms. The van der Waals surface area contributed by atoms with Crippen molar-refractivity contribution in [2.75, 3.05) is 0 Å². The van der Waals surface area contributed by atoms with Crippen molar-refractivity contribution >= 4 is 23.2 Å². The van der Waals surface area contributed by atoms with E-state index in [4.69, 9.17) is 23.2 Å². The number of aromatic amines is 1. The fraction of sp³-hybridized carbons (Fsp3) is 0.364. The number of H-pyrrole nitrogens is 1. The minimum absolute atomic E-state index is 0.133. The summed E-state index contributed by atoms with van der Waals surface area (Å²) < 4.78 is 0. The van der Waals surface area contributed by atoms with Crippen molar-refractivity contribution in [2.45, 2.75) is 25.9 Å². The first kappa shape index (κ1) is 13.3. The van der Waals surface area contributed by atoms with Gasteiger partial charge in [-0.15, -0.1) is 10.2 Å². The standard InChI is InChI=1S/C11H13Cl2N5/c1-2-10(14-6-11-15-17-18-16-11)8-4-3-7(12)5-9(8)13/h3-5,10,14H,2,6H2,1H3,(H,15,16,17,18). The Labute approximate surface area is 115 Å². The average molecular weight is 286 g/mol. The number of aromatic nitrogens is 4. The van der Waals surface area contributed by atoms with Crippen molar-refractivity contribution in [1.29, 1.82) is 0 Å². The first-order valence-electron chi connectivity index (χ1n) is 5.61. The van der Waals surface area contributed by atoms with Crippen LogP contribution in [0.4, 0.5) is 0 Å². The Kier molecular flexibility index (Phi) is 4.52. The number of tetrazole rings is 1. The maximum Gasteiger partial charge on any atom is 0.188 e. The number of halogens is 2. The van der Waals surface area contributed by atoms with E-state index < -0.39 is 0 Å². The highest BCUT2D eigenvalue weighted by Gasteiger charge is 2.13. The number of rotatable bonds is 5. The molecule has 2 rings (SSSR count). The lowest BCUT2D eigenvalue weighted by Gasteiger charge is -2.17. The number of hydrogen-bond donors (Lipinski definition) is 2. The van der Waals surface area contributed by atoms with Gasteiger partial charge < -0.3 is 5.32 Å². The molecule has 7 heteroatoms. The molecule has 2 N–H and O–H groups in total. The Balaban J connectivity index is 2.08. The van der Waals surface area contributed by atoms with Crippen molar-refractivity contribution < 1.29 is 0 Å². The van der Waals surface area contributed by atoms with Crippen LogP contribution in [-0.2, 0) is 6.54 Å². The molecule has 1 atom stereocenters. The second kappa shape index (κ2) is 6.13. The van der Waals surface area contributed by atoms with Gasteiger partial charge >= 0.3 is 0 Å². The van der Waals surface area contributed by atoms with E-state index in [2.05, 4.69) is 32.9 Å². The summed E-state index contributed by atoms with van der Waals surface area (Å²) >= 11 is 12.1. The fourth-order valence-electron chi connectivity index (χ4n) is 1.73. The molecule has 2 aromatic rings. The summed E-state index contributed by atoms with van der Waals surface area (Å²) in [5.74, 6) is 0.624. The Bertz CT molecular complexity index is 500. The number of nitrogens with one attached hydrogen (secondary N) is 2. The second-order valence-corrected chi connectivity index (χ2v) is 4.68. The van der Waals surface area contributed by atoms with Gasteiger partial charge in [-0.05, 0) is 24.1 Å².